The number of rotatable bonds is 5. The zero-order chi connectivity index (χ0) is 17.8. The van der Waals surface area contributed by atoms with E-state index in [1.54, 1.807) is 19.3 Å². The summed E-state index contributed by atoms with van der Waals surface area (Å²) in [5.74, 6) is 0.566. The van der Waals surface area contributed by atoms with Gasteiger partial charge in [0.1, 0.15) is 11.3 Å². The molecular weight excluding hydrogens is 320 g/mol. The van der Waals surface area contributed by atoms with Crippen molar-refractivity contribution >= 4 is 5.91 Å². The molecule has 3 heterocycles. The van der Waals surface area contributed by atoms with Crippen molar-refractivity contribution in [2.75, 3.05) is 19.8 Å². The van der Waals surface area contributed by atoms with Gasteiger partial charge in [-0.1, -0.05) is 12.1 Å². The molecule has 7 nitrogen and oxygen atoms in total. The Kier molecular flexibility index (Phi) is 5.43. The van der Waals surface area contributed by atoms with Gasteiger partial charge in [0.2, 0.25) is 0 Å². The second-order valence-electron chi connectivity index (χ2n) is 6.27. The van der Waals surface area contributed by atoms with Crippen LogP contribution in [0.25, 0.3) is 0 Å². The van der Waals surface area contributed by atoms with Gasteiger partial charge in [-0.3, -0.25) is 14.8 Å². The first-order valence-corrected chi connectivity index (χ1v) is 8.72. The molecule has 0 unspecified atom stereocenters. The molecule has 0 aromatic carbocycles. The van der Waals surface area contributed by atoms with Crippen LogP contribution in [0.5, 0.6) is 0 Å². The minimum Gasteiger partial charge on any atom is -0.377 e. The highest BCUT2D eigenvalue weighted by molar-refractivity contribution is 5.96. The first-order valence-electron chi connectivity index (χ1n) is 8.72. The molecule has 0 radical (unpaired) electrons. The van der Waals surface area contributed by atoms with Crippen LogP contribution in [-0.2, 0) is 17.6 Å². The molecule has 3 rings (SSSR count). The van der Waals surface area contributed by atoms with Crippen LogP contribution in [0.15, 0.2) is 16.9 Å². The van der Waals surface area contributed by atoms with Crippen LogP contribution in [0, 0.1) is 13.8 Å². The van der Waals surface area contributed by atoms with Crippen molar-refractivity contribution in [1.82, 2.24) is 20.0 Å². The van der Waals surface area contributed by atoms with Crippen molar-refractivity contribution in [3.8, 4) is 0 Å². The molecule has 134 valence electrons. The molecule has 1 aliphatic heterocycles. The largest absolute Gasteiger partial charge is 0.377 e. The molecule has 0 spiro atoms. The summed E-state index contributed by atoms with van der Waals surface area (Å²) >= 11 is 0. The quantitative estimate of drug-likeness (QED) is 0.826. The Labute approximate surface area is 147 Å². The third-order valence-electron chi connectivity index (χ3n) is 4.67. The number of aromatic nitrogens is 3. The number of ether oxygens (including phenoxy) is 1. The van der Waals surface area contributed by atoms with Crippen molar-refractivity contribution < 1.29 is 14.1 Å². The number of carbonyl (C=O) groups is 1. The van der Waals surface area contributed by atoms with Gasteiger partial charge in [0.05, 0.1) is 36.3 Å². The molecule has 1 saturated heterocycles. The Morgan fingerprint density at radius 1 is 1.28 bits per heavy atom. The maximum atomic E-state index is 13.1. The number of carbonyl (C=O) groups excluding carboxylic acids is 1. The number of amides is 1. The molecule has 0 aliphatic carbocycles. The third-order valence-corrected chi connectivity index (χ3v) is 4.67. The van der Waals surface area contributed by atoms with Gasteiger partial charge in [-0.05, 0) is 33.1 Å². The molecule has 2 aromatic rings. The fraction of sp³-hybridized carbons (Fsp3) is 0.556. The Hall–Kier alpha value is -2.28. The Bertz CT molecular complexity index is 744. The van der Waals surface area contributed by atoms with E-state index < -0.39 is 0 Å². The van der Waals surface area contributed by atoms with E-state index in [1.165, 1.54) is 0 Å². The van der Waals surface area contributed by atoms with Crippen LogP contribution in [0.1, 0.15) is 46.5 Å². The van der Waals surface area contributed by atoms with E-state index >= 15 is 0 Å². The van der Waals surface area contributed by atoms with Gasteiger partial charge in [-0.2, -0.15) is 0 Å². The average Bonchev–Trinajstić information content (AvgIpc) is 3.01. The monoisotopic (exact) mass is 344 g/mol. The van der Waals surface area contributed by atoms with Crippen LogP contribution in [-0.4, -0.2) is 51.7 Å². The summed E-state index contributed by atoms with van der Waals surface area (Å²) < 4.78 is 10.8. The summed E-state index contributed by atoms with van der Waals surface area (Å²) in [6.07, 6.45) is 5.63. The molecule has 0 saturated carbocycles. The number of hydrogen-bond acceptors (Lipinski definition) is 6. The fourth-order valence-electron chi connectivity index (χ4n) is 3.22. The molecule has 2 aromatic heterocycles. The topological polar surface area (TPSA) is 81.4 Å². The lowest BCUT2D eigenvalue weighted by Gasteiger charge is -2.35. The van der Waals surface area contributed by atoms with E-state index in [9.17, 15) is 4.79 Å². The van der Waals surface area contributed by atoms with Crippen molar-refractivity contribution in [2.24, 2.45) is 0 Å². The van der Waals surface area contributed by atoms with Crippen LogP contribution in [0.3, 0.4) is 0 Å². The zero-order valence-electron chi connectivity index (χ0n) is 15.0. The van der Waals surface area contributed by atoms with E-state index in [1.807, 2.05) is 18.7 Å². The van der Waals surface area contributed by atoms with E-state index in [0.717, 1.165) is 29.9 Å². The fourth-order valence-corrected chi connectivity index (χ4v) is 3.22. The van der Waals surface area contributed by atoms with Gasteiger partial charge in [0.15, 0.2) is 0 Å². The van der Waals surface area contributed by atoms with Gasteiger partial charge >= 0.3 is 0 Å². The van der Waals surface area contributed by atoms with Gasteiger partial charge in [0.25, 0.3) is 5.91 Å². The van der Waals surface area contributed by atoms with Gasteiger partial charge < -0.3 is 14.2 Å². The van der Waals surface area contributed by atoms with Crippen molar-refractivity contribution in [2.45, 2.75) is 46.1 Å². The lowest BCUT2D eigenvalue weighted by molar-refractivity contribution is -0.00427. The first kappa shape index (κ1) is 17.5. The molecule has 1 atom stereocenters. The second kappa shape index (κ2) is 7.74. The summed E-state index contributed by atoms with van der Waals surface area (Å²) in [7, 11) is 0. The highest BCUT2D eigenvalue weighted by Gasteiger charge is 2.31. The maximum absolute atomic E-state index is 13.1. The molecule has 1 aliphatic rings. The van der Waals surface area contributed by atoms with Crippen LogP contribution in [0.4, 0.5) is 0 Å². The van der Waals surface area contributed by atoms with Crippen molar-refractivity contribution in [3.63, 3.8) is 0 Å². The van der Waals surface area contributed by atoms with Gasteiger partial charge in [-0.25, -0.2) is 0 Å². The summed E-state index contributed by atoms with van der Waals surface area (Å²) in [5.41, 5.74) is 3.22. The highest BCUT2D eigenvalue weighted by Crippen LogP contribution is 2.21. The molecule has 1 amide bonds. The summed E-state index contributed by atoms with van der Waals surface area (Å²) in [5, 5.41) is 4.01. The lowest BCUT2D eigenvalue weighted by atomic mass is 10.0. The van der Waals surface area contributed by atoms with E-state index in [-0.39, 0.29) is 11.9 Å². The smallest absolute Gasteiger partial charge is 0.259 e. The highest BCUT2D eigenvalue weighted by atomic mass is 16.5. The Morgan fingerprint density at radius 2 is 2.08 bits per heavy atom. The third kappa shape index (κ3) is 3.71. The normalized spacial score (nSPS) is 17.7. The molecular formula is C18H24N4O3. The van der Waals surface area contributed by atoms with Crippen molar-refractivity contribution in [1.29, 1.82) is 0 Å². The second-order valence-corrected chi connectivity index (χ2v) is 6.27. The first-order chi connectivity index (χ1) is 12.1. The summed E-state index contributed by atoms with van der Waals surface area (Å²) in [6, 6.07) is 0.0154. The number of morpholine rings is 1. The van der Waals surface area contributed by atoms with Gasteiger partial charge in [-0.15, -0.1) is 0 Å². The Morgan fingerprint density at radius 3 is 2.84 bits per heavy atom. The predicted molar refractivity (Wildman–Crippen MR) is 91.4 cm³/mol. The predicted octanol–water partition coefficient (Wildman–Crippen LogP) is 2.12. The summed E-state index contributed by atoms with van der Waals surface area (Å²) in [4.78, 5) is 23.7. The molecule has 7 heteroatoms. The van der Waals surface area contributed by atoms with Crippen LogP contribution in [0.2, 0.25) is 0 Å². The number of hydrogen-bond donors (Lipinski definition) is 0. The minimum absolute atomic E-state index is 0.0141. The Balaban J connectivity index is 1.75. The van der Waals surface area contributed by atoms with E-state index in [0.29, 0.717) is 37.5 Å². The summed E-state index contributed by atoms with van der Waals surface area (Å²) in [6.45, 7) is 7.39. The number of aryl methyl sites for hydroxylation is 4. The minimum atomic E-state index is -0.0141. The maximum Gasteiger partial charge on any atom is 0.259 e. The average molecular weight is 344 g/mol. The molecule has 1 fully saturated rings. The van der Waals surface area contributed by atoms with Gasteiger partial charge in [0, 0.05) is 18.9 Å². The molecule has 25 heavy (non-hydrogen) atoms. The van der Waals surface area contributed by atoms with E-state index in [4.69, 9.17) is 9.26 Å². The van der Waals surface area contributed by atoms with Crippen LogP contribution < -0.4 is 0 Å². The molecule has 0 N–H and O–H groups in total. The van der Waals surface area contributed by atoms with E-state index in [2.05, 4.69) is 15.1 Å². The zero-order valence-corrected chi connectivity index (χ0v) is 15.0. The van der Waals surface area contributed by atoms with Crippen LogP contribution >= 0.6 is 0 Å². The SMILES string of the molecule is CCc1noc(C)c1C(=O)N1CCOC[C@H]1CCc1nccnc1C. The standard InChI is InChI=1S/C18H24N4O3/c1-4-15-17(13(3)25-21-15)18(23)22-9-10-24-11-14(22)5-6-16-12(2)19-7-8-20-16/h7-8,14H,4-6,9-11H2,1-3H3/t14-/m1/s1. The number of nitrogens with zero attached hydrogens (tertiary/aromatic N) is 4. The lowest BCUT2D eigenvalue weighted by Crippen LogP contribution is -2.49. The van der Waals surface area contributed by atoms with Crippen molar-refractivity contribution in [3.05, 3.63) is 40.8 Å². The molecule has 0 bridgehead atoms.